The summed E-state index contributed by atoms with van der Waals surface area (Å²) in [5, 5.41) is 6.29. The fraction of sp³-hybridized carbons (Fsp3) is 0.158. The van der Waals surface area contributed by atoms with Crippen LogP contribution in [0.4, 0.5) is 21.8 Å². The normalized spacial score (nSPS) is 10.4. The van der Waals surface area contributed by atoms with Gasteiger partial charge < -0.3 is 15.4 Å². The zero-order valence-corrected chi connectivity index (χ0v) is 14.1. The van der Waals surface area contributed by atoms with Crippen molar-refractivity contribution in [3.05, 3.63) is 71.7 Å². The van der Waals surface area contributed by atoms with E-state index in [4.69, 9.17) is 4.74 Å². The van der Waals surface area contributed by atoms with Gasteiger partial charge in [-0.15, -0.1) is 0 Å². The fourth-order valence-corrected chi connectivity index (χ4v) is 2.38. The molecule has 0 bridgehead atoms. The maximum absolute atomic E-state index is 13.7. The third-order valence-corrected chi connectivity index (χ3v) is 3.59. The smallest absolute Gasteiger partial charge is 0.225 e. The highest BCUT2D eigenvalue weighted by molar-refractivity contribution is 5.59. The molecule has 1 heterocycles. The van der Waals surface area contributed by atoms with E-state index < -0.39 is 0 Å². The highest BCUT2D eigenvalue weighted by Gasteiger charge is 2.05. The molecule has 6 heteroatoms. The molecule has 0 saturated carbocycles. The molecule has 2 N–H and O–H groups in total. The lowest BCUT2D eigenvalue weighted by molar-refractivity contribution is 0.415. The molecular formula is C19H19FN4O. The number of hydrogen-bond acceptors (Lipinski definition) is 5. The van der Waals surface area contributed by atoms with Crippen LogP contribution in [0, 0.1) is 12.7 Å². The van der Waals surface area contributed by atoms with Crippen LogP contribution in [0.1, 0.15) is 11.3 Å². The van der Waals surface area contributed by atoms with Crippen LogP contribution < -0.4 is 15.4 Å². The van der Waals surface area contributed by atoms with Crippen LogP contribution in [0.15, 0.2) is 54.6 Å². The van der Waals surface area contributed by atoms with Crippen molar-refractivity contribution < 1.29 is 9.13 Å². The van der Waals surface area contributed by atoms with Crippen LogP contribution in [0.3, 0.4) is 0 Å². The molecular weight excluding hydrogens is 319 g/mol. The third kappa shape index (κ3) is 4.44. The van der Waals surface area contributed by atoms with Gasteiger partial charge in [0.05, 0.1) is 7.11 Å². The Hall–Kier alpha value is -3.15. The Morgan fingerprint density at radius 1 is 1.04 bits per heavy atom. The highest BCUT2D eigenvalue weighted by atomic mass is 19.1. The van der Waals surface area contributed by atoms with Crippen molar-refractivity contribution in [1.29, 1.82) is 0 Å². The maximum Gasteiger partial charge on any atom is 0.225 e. The lowest BCUT2D eigenvalue weighted by atomic mass is 10.2. The monoisotopic (exact) mass is 338 g/mol. The Kier molecular flexibility index (Phi) is 5.09. The molecule has 0 aliphatic carbocycles. The first kappa shape index (κ1) is 16.7. The SMILES string of the molecule is COc1cccc(Nc2cc(C)nc(NCc3ccccc3F)n2)c1. The molecule has 0 aliphatic heterocycles. The number of nitrogens with zero attached hydrogens (tertiary/aromatic N) is 2. The van der Waals surface area contributed by atoms with E-state index in [9.17, 15) is 4.39 Å². The predicted molar refractivity (Wildman–Crippen MR) is 96.8 cm³/mol. The van der Waals surface area contributed by atoms with Crippen molar-refractivity contribution in [3.63, 3.8) is 0 Å². The quantitative estimate of drug-likeness (QED) is 0.702. The molecule has 128 valence electrons. The Balaban J connectivity index is 1.75. The lowest BCUT2D eigenvalue weighted by Crippen LogP contribution is -2.07. The highest BCUT2D eigenvalue weighted by Crippen LogP contribution is 2.21. The van der Waals surface area contributed by atoms with Gasteiger partial charge in [-0.25, -0.2) is 9.37 Å². The molecule has 0 fully saturated rings. The van der Waals surface area contributed by atoms with E-state index in [1.165, 1.54) is 6.07 Å². The molecule has 0 saturated heterocycles. The van der Waals surface area contributed by atoms with Crippen molar-refractivity contribution in [2.75, 3.05) is 17.7 Å². The second-order valence-electron chi connectivity index (χ2n) is 5.52. The Labute approximate surface area is 145 Å². The van der Waals surface area contributed by atoms with Crippen molar-refractivity contribution in [2.24, 2.45) is 0 Å². The number of rotatable bonds is 6. The standard InChI is InChI=1S/C19H19FN4O/c1-13-10-18(23-15-7-5-8-16(11-15)25-2)24-19(22-13)21-12-14-6-3-4-9-17(14)20/h3-11H,12H2,1-2H3,(H2,21,22,23,24). The molecule has 0 spiro atoms. The summed E-state index contributed by atoms with van der Waals surface area (Å²) in [6, 6.07) is 16.0. The van der Waals surface area contributed by atoms with Gasteiger partial charge in [-0.05, 0) is 25.1 Å². The Morgan fingerprint density at radius 3 is 2.68 bits per heavy atom. The first-order valence-electron chi connectivity index (χ1n) is 7.88. The lowest BCUT2D eigenvalue weighted by Gasteiger charge is -2.11. The molecule has 3 aromatic rings. The number of aromatic nitrogens is 2. The fourth-order valence-electron chi connectivity index (χ4n) is 2.38. The summed E-state index contributed by atoms with van der Waals surface area (Å²) in [7, 11) is 1.62. The van der Waals surface area contributed by atoms with E-state index in [1.807, 2.05) is 37.3 Å². The molecule has 5 nitrogen and oxygen atoms in total. The van der Waals surface area contributed by atoms with Crippen molar-refractivity contribution in [2.45, 2.75) is 13.5 Å². The summed E-state index contributed by atoms with van der Waals surface area (Å²) in [6.07, 6.45) is 0. The molecule has 1 aromatic heterocycles. The molecule has 0 unspecified atom stereocenters. The van der Waals surface area contributed by atoms with Crippen LogP contribution in [0.5, 0.6) is 5.75 Å². The first-order chi connectivity index (χ1) is 12.1. The largest absolute Gasteiger partial charge is 0.497 e. The van der Waals surface area contributed by atoms with E-state index in [0.29, 0.717) is 23.9 Å². The minimum atomic E-state index is -0.252. The Morgan fingerprint density at radius 2 is 1.88 bits per heavy atom. The minimum absolute atomic E-state index is 0.252. The number of ether oxygens (including phenoxy) is 1. The van der Waals surface area contributed by atoms with Gasteiger partial charge in [0.25, 0.3) is 0 Å². The molecule has 2 aromatic carbocycles. The van der Waals surface area contributed by atoms with Gasteiger partial charge in [0.1, 0.15) is 17.4 Å². The second kappa shape index (κ2) is 7.61. The number of anilines is 3. The van der Waals surface area contributed by atoms with Crippen molar-refractivity contribution in [1.82, 2.24) is 9.97 Å². The maximum atomic E-state index is 13.7. The number of methoxy groups -OCH3 is 1. The van der Waals surface area contributed by atoms with Crippen LogP contribution in [-0.2, 0) is 6.54 Å². The zero-order valence-electron chi connectivity index (χ0n) is 14.1. The average Bonchev–Trinajstić information content (AvgIpc) is 2.61. The number of nitrogens with one attached hydrogen (secondary N) is 2. The minimum Gasteiger partial charge on any atom is -0.497 e. The van der Waals surface area contributed by atoms with E-state index in [1.54, 1.807) is 25.3 Å². The molecule has 0 radical (unpaired) electrons. The van der Waals surface area contributed by atoms with Crippen molar-refractivity contribution >= 4 is 17.5 Å². The molecule has 0 aliphatic rings. The molecule has 0 amide bonds. The average molecular weight is 338 g/mol. The van der Waals surface area contributed by atoms with E-state index >= 15 is 0 Å². The number of hydrogen-bond donors (Lipinski definition) is 2. The predicted octanol–water partition coefficient (Wildman–Crippen LogP) is 4.29. The van der Waals surface area contributed by atoms with E-state index in [-0.39, 0.29) is 5.82 Å². The van der Waals surface area contributed by atoms with Gasteiger partial charge in [0, 0.05) is 35.6 Å². The van der Waals surface area contributed by atoms with Gasteiger partial charge in [-0.1, -0.05) is 24.3 Å². The summed E-state index contributed by atoms with van der Waals surface area (Å²) in [5.74, 6) is 1.59. The zero-order chi connectivity index (χ0) is 17.6. The summed E-state index contributed by atoms with van der Waals surface area (Å²) in [4.78, 5) is 8.78. The van der Waals surface area contributed by atoms with Gasteiger partial charge in [-0.3, -0.25) is 0 Å². The van der Waals surface area contributed by atoms with Gasteiger partial charge >= 0.3 is 0 Å². The van der Waals surface area contributed by atoms with Crippen molar-refractivity contribution in [3.8, 4) is 5.75 Å². The van der Waals surface area contributed by atoms with E-state index in [2.05, 4.69) is 20.6 Å². The van der Waals surface area contributed by atoms with Gasteiger partial charge in [0.15, 0.2) is 0 Å². The van der Waals surface area contributed by atoms with Gasteiger partial charge in [-0.2, -0.15) is 4.98 Å². The van der Waals surface area contributed by atoms with Crippen LogP contribution in [0.25, 0.3) is 0 Å². The summed E-state index contributed by atoms with van der Waals surface area (Å²) in [5.41, 5.74) is 2.23. The third-order valence-electron chi connectivity index (χ3n) is 3.59. The van der Waals surface area contributed by atoms with Crippen LogP contribution >= 0.6 is 0 Å². The molecule has 3 rings (SSSR count). The topological polar surface area (TPSA) is 59.1 Å². The first-order valence-corrected chi connectivity index (χ1v) is 7.88. The molecule has 25 heavy (non-hydrogen) atoms. The number of benzene rings is 2. The number of halogens is 1. The Bertz CT molecular complexity index is 870. The van der Waals surface area contributed by atoms with Crippen LogP contribution in [-0.4, -0.2) is 17.1 Å². The van der Waals surface area contributed by atoms with Gasteiger partial charge in [0.2, 0.25) is 5.95 Å². The summed E-state index contributed by atoms with van der Waals surface area (Å²) < 4.78 is 18.9. The van der Waals surface area contributed by atoms with Crippen LogP contribution in [0.2, 0.25) is 0 Å². The second-order valence-corrected chi connectivity index (χ2v) is 5.52. The van der Waals surface area contributed by atoms with E-state index in [0.717, 1.165) is 17.1 Å². The summed E-state index contributed by atoms with van der Waals surface area (Å²) >= 11 is 0. The summed E-state index contributed by atoms with van der Waals surface area (Å²) in [6.45, 7) is 2.20. The number of aryl methyl sites for hydroxylation is 1. The molecule has 0 atom stereocenters.